The topological polar surface area (TPSA) is 34.1 Å². The molecule has 0 radical (unpaired) electrons. The highest BCUT2D eigenvalue weighted by atomic mass is 32.1. The van der Waals surface area contributed by atoms with Crippen molar-refractivity contribution in [1.29, 1.82) is 0 Å². The molecule has 1 aromatic heterocycles. The molecular formula is C15H24N2OS. The molecular weight excluding hydrogens is 256 g/mol. The van der Waals surface area contributed by atoms with E-state index in [0.29, 0.717) is 12.0 Å². The maximum Gasteiger partial charge on any atom is 0.0957 e. The van der Waals surface area contributed by atoms with E-state index in [-0.39, 0.29) is 0 Å². The molecule has 0 amide bonds. The minimum absolute atomic E-state index is 0.412. The van der Waals surface area contributed by atoms with E-state index in [1.807, 2.05) is 11.3 Å². The predicted octanol–water partition coefficient (Wildman–Crippen LogP) is 3.24. The van der Waals surface area contributed by atoms with Crippen molar-refractivity contribution in [2.75, 3.05) is 6.61 Å². The average Bonchev–Trinajstić information content (AvgIpc) is 2.90. The van der Waals surface area contributed by atoms with Gasteiger partial charge in [-0.05, 0) is 31.6 Å². The number of aromatic nitrogens is 1. The Kier molecular flexibility index (Phi) is 4.20. The van der Waals surface area contributed by atoms with Crippen molar-refractivity contribution < 1.29 is 4.74 Å². The molecule has 4 heteroatoms. The van der Waals surface area contributed by atoms with Crippen LogP contribution in [0.25, 0.3) is 0 Å². The molecule has 1 atom stereocenters. The number of nitrogens with one attached hydrogen (secondary N) is 1. The summed E-state index contributed by atoms with van der Waals surface area (Å²) >= 11 is 1.89. The molecule has 1 aliphatic carbocycles. The van der Waals surface area contributed by atoms with E-state index in [0.717, 1.165) is 25.6 Å². The predicted molar refractivity (Wildman–Crippen MR) is 78.7 cm³/mol. The van der Waals surface area contributed by atoms with Crippen LogP contribution in [0.1, 0.15) is 61.0 Å². The summed E-state index contributed by atoms with van der Waals surface area (Å²) in [5.74, 6) is 0.519. The summed E-state index contributed by atoms with van der Waals surface area (Å²) in [6.45, 7) is 6.42. The lowest BCUT2D eigenvalue weighted by Crippen LogP contribution is -2.15. The van der Waals surface area contributed by atoms with Crippen molar-refractivity contribution in [3.05, 3.63) is 15.6 Å². The van der Waals surface area contributed by atoms with E-state index in [4.69, 9.17) is 9.72 Å². The smallest absolute Gasteiger partial charge is 0.0957 e. The zero-order valence-corrected chi connectivity index (χ0v) is 12.8. The van der Waals surface area contributed by atoms with Crippen LogP contribution in [0.4, 0.5) is 0 Å². The Bertz CT molecular complexity index is 420. The second kappa shape index (κ2) is 5.90. The Labute approximate surface area is 119 Å². The monoisotopic (exact) mass is 280 g/mol. The molecule has 2 heterocycles. The van der Waals surface area contributed by atoms with Gasteiger partial charge in [-0.3, -0.25) is 0 Å². The molecule has 3 nitrogen and oxygen atoms in total. The van der Waals surface area contributed by atoms with Crippen molar-refractivity contribution in [2.45, 2.75) is 70.6 Å². The zero-order valence-electron chi connectivity index (χ0n) is 11.9. The van der Waals surface area contributed by atoms with Gasteiger partial charge in [0.2, 0.25) is 0 Å². The average molecular weight is 280 g/mol. The molecule has 1 N–H and O–H groups in total. The maximum absolute atomic E-state index is 5.73. The van der Waals surface area contributed by atoms with Crippen LogP contribution in [0, 0.1) is 0 Å². The second-order valence-electron chi connectivity index (χ2n) is 6.07. The minimum Gasteiger partial charge on any atom is -0.378 e. The highest BCUT2D eigenvalue weighted by Gasteiger charge is 2.23. The van der Waals surface area contributed by atoms with Crippen molar-refractivity contribution in [3.63, 3.8) is 0 Å². The largest absolute Gasteiger partial charge is 0.378 e. The number of thiazole rings is 1. The van der Waals surface area contributed by atoms with Gasteiger partial charge in [-0.25, -0.2) is 4.98 Å². The van der Waals surface area contributed by atoms with Gasteiger partial charge in [-0.15, -0.1) is 11.3 Å². The molecule has 1 aromatic rings. The first-order valence-corrected chi connectivity index (χ1v) is 8.37. The summed E-state index contributed by atoms with van der Waals surface area (Å²) in [7, 11) is 0. The van der Waals surface area contributed by atoms with Gasteiger partial charge in [0.15, 0.2) is 0 Å². The van der Waals surface area contributed by atoms with Crippen LogP contribution in [0.2, 0.25) is 0 Å². The van der Waals surface area contributed by atoms with Crippen LogP contribution in [-0.4, -0.2) is 23.7 Å². The Morgan fingerprint density at radius 3 is 2.84 bits per heavy atom. The van der Waals surface area contributed by atoms with Gasteiger partial charge in [0.25, 0.3) is 0 Å². The fraction of sp³-hybridized carbons (Fsp3) is 0.800. The lowest BCUT2D eigenvalue weighted by Gasteiger charge is -2.06. The van der Waals surface area contributed by atoms with Crippen LogP contribution >= 0.6 is 11.3 Å². The van der Waals surface area contributed by atoms with Gasteiger partial charge in [0.1, 0.15) is 0 Å². The molecule has 1 saturated carbocycles. The maximum atomic E-state index is 5.73. The van der Waals surface area contributed by atoms with Crippen molar-refractivity contribution >= 4 is 11.3 Å². The van der Waals surface area contributed by atoms with Crippen LogP contribution in [0.3, 0.4) is 0 Å². The first-order valence-electron chi connectivity index (χ1n) is 7.56. The molecule has 2 aliphatic rings. The standard InChI is InChI=1S/C15H24N2OS/c1-10(2)15-13(9-16-11-5-6-11)19-14(17-15)8-12-4-3-7-18-12/h10-12,16H,3-9H2,1-2H3. The van der Waals surface area contributed by atoms with Gasteiger partial charge in [-0.1, -0.05) is 13.8 Å². The first kappa shape index (κ1) is 13.5. The first-order chi connectivity index (χ1) is 9.22. The zero-order chi connectivity index (χ0) is 13.2. The Balaban J connectivity index is 1.67. The van der Waals surface area contributed by atoms with Gasteiger partial charge >= 0.3 is 0 Å². The van der Waals surface area contributed by atoms with Crippen LogP contribution < -0.4 is 5.32 Å². The Morgan fingerprint density at radius 1 is 1.37 bits per heavy atom. The van der Waals surface area contributed by atoms with E-state index in [2.05, 4.69) is 19.2 Å². The molecule has 1 unspecified atom stereocenters. The van der Waals surface area contributed by atoms with E-state index in [1.54, 1.807) is 0 Å². The fourth-order valence-corrected chi connectivity index (χ4v) is 3.84. The van der Waals surface area contributed by atoms with Gasteiger partial charge in [-0.2, -0.15) is 0 Å². The van der Waals surface area contributed by atoms with Gasteiger partial charge in [0.05, 0.1) is 16.8 Å². The van der Waals surface area contributed by atoms with Crippen LogP contribution in [-0.2, 0) is 17.7 Å². The number of nitrogens with zero attached hydrogens (tertiary/aromatic N) is 1. The minimum atomic E-state index is 0.412. The summed E-state index contributed by atoms with van der Waals surface area (Å²) in [5, 5.41) is 4.88. The number of ether oxygens (including phenoxy) is 1. The molecule has 0 spiro atoms. The van der Waals surface area contributed by atoms with E-state index < -0.39 is 0 Å². The Morgan fingerprint density at radius 2 is 2.21 bits per heavy atom. The van der Waals surface area contributed by atoms with E-state index in [1.165, 1.54) is 41.3 Å². The molecule has 0 bridgehead atoms. The van der Waals surface area contributed by atoms with Crippen molar-refractivity contribution in [1.82, 2.24) is 10.3 Å². The van der Waals surface area contributed by atoms with Crippen molar-refractivity contribution in [3.8, 4) is 0 Å². The summed E-state index contributed by atoms with van der Waals surface area (Å²) in [5.41, 5.74) is 1.30. The highest BCUT2D eigenvalue weighted by Crippen LogP contribution is 2.29. The normalized spacial score (nSPS) is 23.4. The van der Waals surface area contributed by atoms with Gasteiger partial charge < -0.3 is 10.1 Å². The molecule has 2 fully saturated rings. The number of hydrogen-bond acceptors (Lipinski definition) is 4. The number of rotatable bonds is 6. The lowest BCUT2D eigenvalue weighted by atomic mass is 10.1. The lowest BCUT2D eigenvalue weighted by molar-refractivity contribution is 0.111. The molecule has 19 heavy (non-hydrogen) atoms. The third-order valence-corrected chi connectivity index (χ3v) is 4.97. The highest BCUT2D eigenvalue weighted by molar-refractivity contribution is 7.11. The molecule has 1 saturated heterocycles. The van der Waals surface area contributed by atoms with Crippen LogP contribution in [0.15, 0.2) is 0 Å². The number of hydrogen-bond donors (Lipinski definition) is 1. The molecule has 3 rings (SSSR count). The third kappa shape index (κ3) is 3.56. The van der Waals surface area contributed by atoms with Gasteiger partial charge in [0, 0.05) is 30.5 Å². The third-order valence-electron chi connectivity index (χ3n) is 3.87. The summed E-state index contributed by atoms with van der Waals surface area (Å²) in [6, 6.07) is 0.767. The van der Waals surface area contributed by atoms with E-state index >= 15 is 0 Å². The summed E-state index contributed by atoms with van der Waals surface area (Å²) in [4.78, 5) is 6.31. The SMILES string of the molecule is CC(C)c1nc(CC2CCCO2)sc1CNC1CC1. The van der Waals surface area contributed by atoms with E-state index in [9.17, 15) is 0 Å². The molecule has 1 aliphatic heterocycles. The quantitative estimate of drug-likeness (QED) is 0.868. The Hall–Kier alpha value is -0.450. The summed E-state index contributed by atoms with van der Waals surface area (Å²) < 4.78 is 5.73. The molecule has 0 aromatic carbocycles. The summed E-state index contributed by atoms with van der Waals surface area (Å²) in [6.07, 6.45) is 6.52. The second-order valence-corrected chi connectivity index (χ2v) is 7.23. The van der Waals surface area contributed by atoms with Crippen LogP contribution in [0.5, 0.6) is 0 Å². The molecule has 106 valence electrons. The van der Waals surface area contributed by atoms with Crippen molar-refractivity contribution in [2.24, 2.45) is 0 Å². The fourth-order valence-electron chi connectivity index (χ4n) is 2.60.